The molecule has 2 fully saturated rings. The minimum atomic E-state index is -0.815. The molecule has 116 valence electrons. The first-order valence-corrected chi connectivity index (χ1v) is 7.89. The second-order valence-corrected chi connectivity index (χ2v) is 6.83. The first-order valence-electron chi connectivity index (χ1n) is 7.89. The van der Waals surface area contributed by atoms with Crippen molar-refractivity contribution in [1.29, 1.82) is 0 Å². The molecule has 5 heteroatoms. The van der Waals surface area contributed by atoms with Gasteiger partial charge in [0.15, 0.2) is 0 Å². The smallest absolute Gasteiger partial charge is 0.307 e. The molecule has 5 atom stereocenters. The highest BCUT2D eigenvalue weighted by atomic mass is 16.4. The van der Waals surface area contributed by atoms with Crippen molar-refractivity contribution >= 4 is 11.9 Å². The maximum atomic E-state index is 13.0. The summed E-state index contributed by atoms with van der Waals surface area (Å²) in [5, 5.41) is 9.50. The Balaban J connectivity index is 1.80. The lowest BCUT2D eigenvalue weighted by atomic mass is 9.82. The minimum absolute atomic E-state index is 0.0476. The van der Waals surface area contributed by atoms with E-state index in [2.05, 4.69) is 24.9 Å². The number of hydrogen-bond donors (Lipinski definition) is 1. The van der Waals surface area contributed by atoms with E-state index in [9.17, 15) is 14.7 Å². The molecule has 0 aromatic rings. The predicted octanol–water partition coefficient (Wildman–Crippen LogP) is 1.06. The van der Waals surface area contributed by atoms with Crippen LogP contribution in [0.5, 0.6) is 0 Å². The summed E-state index contributed by atoms with van der Waals surface area (Å²) < 4.78 is 0. The van der Waals surface area contributed by atoms with Crippen LogP contribution in [0.4, 0.5) is 0 Å². The Morgan fingerprint density at radius 1 is 1.14 bits per heavy atom. The highest BCUT2D eigenvalue weighted by Gasteiger charge is 2.53. The largest absolute Gasteiger partial charge is 0.481 e. The lowest BCUT2D eigenvalue weighted by Crippen LogP contribution is -2.48. The maximum Gasteiger partial charge on any atom is 0.307 e. The van der Waals surface area contributed by atoms with Gasteiger partial charge >= 0.3 is 5.97 Å². The molecule has 5 unspecified atom stereocenters. The molecule has 0 radical (unpaired) electrons. The molecular weight excluding hydrogens is 268 g/mol. The zero-order valence-corrected chi connectivity index (χ0v) is 12.7. The van der Waals surface area contributed by atoms with E-state index in [1.54, 1.807) is 0 Å². The summed E-state index contributed by atoms with van der Waals surface area (Å²) in [7, 11) is 2.07. The summed E-state index contributed by atoms with van der Waals surface area (Å²) in [5.74, 6) is -1.47. The number of carbonyl (C=O) groups is 2. The predicted molar refractivity (Wildman–Crippen MR) is 78.6 cm³/mol. The van der Waals surface area contributed by atoms with Gasteiger partial charge in [0.05, 0.1) is 11.8 Å². The van der Waals surface area contributed by atoms with Gasteiger partial charge in [-0.3, -0.25) is 9.59 Å². The number of nitrogens with zero attached hydrogens (tertiary/aromatic N) is 2. The first kappa shape index (κ1) is 14.6. The molecule has 0 aromatic carbocycles. The normalized spacial score (nSPS) is 39.5. The third kappa shape index (κ3) is 2.48. The zero-order valence-electron chi connectivity index (χ0n) is 12.7. The van der Waals surface area contributed by atoms with Crippen molar-refractivity contribution < 1.29 is 14.7 Å². The van der Waals surface area contributed by atoms with Crippen LogP contribution in [-0.2, 0) is 9.59 Å². The Kier molecular flexibility index (Phi) is 3.78. The minimum Gasteiger partial charge on any atom is -0.481 e. The van der Waals surface area contributed by atoms with E-state index in [1.807, 2.05) is 11.0 Å². The van der Waals surface area contributed by atoms with Crippen molar-refractivity contribution in [2.45, 2.75) is 25.8 Å². The van der Waals surface area contributed by atoms with Crippen molar-refractivity contribution in [1.82, 2.24) is 9.80 Å². The third-order valence-corrected chi connectivity index (χ3v) is 5.36. The van der Waals surface area contributed by atoms with Gasteiger partial charge in [-0.05, 0) is 45.2 Å². The Morgan fingerprint density at radius 3 is 2.48 bits per heavy atom. The topological polar surface area (TPSA) is 60.9 Å². The number of carboxylic acid groups (broad SMARTS) is 1. The van der Waals surface area contributed by atoms with E-state index in [-0.39, 0.29) is 29.7 Å². The van der Waals surface area contributed by atoms with Gasteiger partial charge in [-0.1, -0.05) is 12.2 Å². The van der Waals surface area contributed by atoms with Crippen molar-refractivity contribution in [2.75, 3.05) is 26.7 Å². The number of hydrogen-bond acceptors (Lipinski definition) is 3. The average molecular weight is 292 g/mol. The number of likely N-dealkylation sites (N-methyl/N-ethyl adjacent to an activating group) is 1. The fourth-order valence-corrected chi connectivity index (χ4v) is 4.39. The molecule has 1 saturated heterocycles. The Morgan fingerprint density at radius 2 is 1.81 bits per heavy atom. The van der Waals surface area contributed by atoms with E-state index in [0.29, 0.717) is 0 Å². The number of allylic oxidation sites excluding steroid dienone is 2. The van der Waals surface area contributed by atoms with Gasteiger partial charge in [0.2, 0.25) is 5.91 Å². The maximum absolute atomic E-state index is 13.0. The summed E-state index contributed by atoms with van der Waals surface area (Å²) in [6, 6.07) is 0.155. The van der Waals surface area contributed by atoms with Crippen LogP contribution in [0, 0.1) is 23.7 Å². The number of aliphatic carboxylic acids is 1. The van der Waals surface area contributed by atoms with Crippen LogP contribution >= 0.6 is 0 Å². The quantitative estimate of drug-likeness (QED) is 0.773. The van der Waals surface area contributed by atoms with Gasteiger partial charge in [0.25, 0.3) is 0 Å². The molecule has 5 nitrogen and oxygen atoms in total. The monoisotopic (exact) mass is 292 g/mol. The molecule has 1 aliphatic heterocycles. The summed E-state index contributed by atoms with van der Waals surface area (Å²) >= 11 is 0. The molecule has 3 aliphatic rings. The molecule has 3 rings (SSSR count). The second kappa shape index (κ2) is 5.44. The molecule has 2 bridgehead atoms. The molecule has 0 spiro atoms. The van der Waals surface area contributed by atoms with Gasteiger partial charge in [-0.15, -0.1) is 0 Å². The molecule has 1 N–H and O–H groups in total. The molecule has 2 aliphatic carbocycles. The van der Waals surface area contributed by atoms with Gasteiger partial charge in [-0.2, -0.15) is 0 Å². The van der Waals surface area contributed by atoms with Crippen LogP contribution in [0.1, 0.15) is 19.8 Å². The van der Waals surface area contributed by atoms with Crippen LogP contribution in [0.15, 0.2) is 12.2 Å². The van der Waals surface area contributed by atoms with Gasteiger partial charge < -0.3 is 14.9 Å². The standard InChI is InChI=1S/C16H24N2O3/c1-10-9-17(2)6-3-7-18(10)15(19)13-11-4-5-12(8-11)14(13)16(20)21/h4-5,10-14H,3,6-9H2,1-2H3,(H,20,21). The van der Waals surface area contributed by atoms with Crippen LogP contribution in [0.2, 0.25) is 0 Å². The van der Waals surface area contributed by atoms with E-state index >= 15 is 0 Å². The number of fused-ring (bicyclic) bond motifs is 2. The SMILES string of the molecule is CC1CN(C)CCCN1C(=O)C1C2C=CC(C2)C1C(=O)O. The summed E-state index contributed by atoms with van der Waals surface area (Å²) in [4.78, 5) is 28.7. The second-order valence-electron chi connectivity index (χ2n) is 6.83. The summed E-state index contributed by atoms with van der Waals surface area (Å²) in [5.41, 5.74) is 0. The van der Waals surface area contributed by atoms with Crippen molar-refractivity contribution in [3.63, 3.8) is 0 Å². The van der Waals surface area contributed by atoms with Gasteiger partial charge in [0.1, 0.15) is 0 Å². The van der Waals surface area contributed by atoms with Crippen molar-refractivity contribution in [2.24, 2.45) is 23.7 Å². The fraction of sp³-hybridized carbons (Fsp3) is 0.750. The van der Waals surface area contributed by atoms with Gasteiger partial charge in [-0.25, -0.2) is 0 Å². The molecule has 1 amide bonds. The van der Waals surface area contributed by atoms with E-state index in [1.165, 1.54) is 0 Å². The van der Waals surface area contributed by atoms with Crippen molar-refractivity contribution in [3.05, 3.63) is 12.2 Å². The van der Waals surface area contributed by atoms with E-state index in [0.717, 1.165) is 32.5 Å². The lowest BCUT2D eigenvalue weighted by Gasteiger charge is -2.34. The number of amides is 1. The van der Waals surface area contributed by atoms with E-state index < -0.39 is 11.9 Å². The number of rotatable bonds is 2. The third-order valence-electron chi connectivity index (χ3n) is 5.36. The van der Waals surface area contributed by atoms with Crippen LogP contribution < -0.4 is 0 Å². The fourth-order valence-electron chi connectivity index (χ4n) is 4.39. The van der Waals surface area contributed by atoms with Crippen LogP contribution in [0.25, 0.3) is 0 Å². The molecule has 1 saturated carbocycles. The number of carboxylic acids is 1. The molecule has 21 heavy (non-hydrogen) atoms. The van der Waals surface area contributed by atoms with E-state index in [4.69, 9.17) is 0 Å². The Hall–Kier alpha value is -1.36. The summed E-state index contributed by atoms with van der Waals surface area (Å²) in [6.45, 7) is 4.67. The highest BCUT2D eigenvalue weighted by Crippen LogP contribution is 2.49. The highest BCUT2D eigenvalue weighted by molar-refractivity contribution is 5.87. The van der Waals surface area contributed by atoms with Crippen LogP contribution in [0.3, 0.4) is 0 Å². The lowest BCUT2D eigenvalue weighted by molar-refractivity contribution is -0.151. The molecule has 1 heterocycles. The molecular formula is C16H24N2O3. The zero-order chi connectivity index (χ0) is 15.1. The van der Waals surface area contributed by atoms with Gasteiger partial charge in [0, 0.05) is 19.1 Å². The Bertz CT molecular complexity index is 476. The van der Waals surface area contributed by atoms with Crippen LogP contribution in [-0.4, -0.2) is 59.5 Å². The van der Waals surface area contributed by atoms with Crippen molar-refractivity contribution in [3.8, 4) is 0 Å². The number of carbonyl (C=O) groups excluding carboxylic acids is 1. The summed E-state index contributed by atoms with van der Waals surface area (Å²) in [6.07, 6.45) is 5.84. The first-order chi connectivity index (χ1) is 9.99. The molecule has 0 aromatic heterocycles. The average Bonchev–Trinajstić information content (AvgIpc) is 2.98. The Labute approximate surface area is 125 Å².